The lowest BCUT2D eigenvalue weighted by Crippen LogP contribution is -2.48. The summed E-state index contributed by atoms with van der Waals surface area (Å²) >= 11 is 0. The van der Waals surface area contributed by atoms with E-state index in [1.165, 1.54) is 12.1 Å². The Morgan fingerprint density at radius 3 is 2.81 bits per heavy atom. The molecule has 2 N–H and O–H groups in total. The van der Waals surface area contributed by atoms with Crippen molar-refractivity contribution in [2.75, 3.05) is 46.9 Å². The molecule has 0 amide bonds. The normalized spacial score (nSPS) is 20.4. The predicted molar refractivity (Wildman–Crippen MR) is 101 cm³/mol. The summed E-state index contributed by atoms with van der Waals surface area (Å²) in [4.78, 5) is 6.41. The fourth-order valence-corrected chi connectivity index (χ4v) is 3.02. The molecular weight excluding hydrogens is 357 g/mol. The lowest BCUT2D eigenvalue weighted by Gasteiger charge is -2.30. The van der Waals surface area contributed by atoms with E-state index < -0.39 is 11.7 Å². The Balaban J connectivity index is 1.77. The number of benzene rings is 1. The standard InChI is InChI=1S/C19H29F3N4O/c1-14(15-5-4-6-16(11-15)19(20,21)22)7-8-24-18(23-2)25-12-17-13-26(3)9-10-27-17/h4-6,11,14,17H,7-10,12-13H2,1-3H3,(H2,23,24,25). The van der Waals surface area contributed by atoms with Gasteiger partial charge in [-0.1, -0.05) is 25.1 Å². The number of nitrogens with zero attached hydrogens (tertiary/aromatic N) is 2. The smallest absolute Gasteiger partial charge is 0.374 e. The topological polar surface area (TPSA) is 48.9 Å². The van der Waals surface area contributed by atoms with Gasteiger partial charge in [0, 0.05) is 33.2 Å². The number of hydrogen-bond acceptors (Lipinski definition) is 3. The van der Waals surface area contributed by atoms with E-state index in [4.69, 9.17) is 4.74 Å². The molecule has 1 saturated heterocycles. The van der Waals surface area contributed by atoms with Gasteiger partial charge in [-0.2, -0.15) is 13.2 Å². The number of ether oxygens (including phenoxy) is 1. The molecule has 8 heteroatoms. The maximum absolute atomic E-state index is 12.8. The zero-order valence-corrected chi connectivity index (χ0v) is 16.1. The van der Waals surface area contributed by atoms with Crippen LogP contribution in [0, 0.1) is 0 Å². The van der Waals surface area contributed by atoms with Crippen LogP contribution < -0.4 is 10.6 Å². The Labute approximate surface area is 159 Å². The second-order valence-corrected chi connectivity index (χ2v) is 6.95. The monoisotopic (exact) mass is 386 g/mol. The van der Waals surface area contributed by atoms with Gasteiger partial charge in [0.05, 0.1) is 18.3 Å². The molecule has 2 unspecified atom stereocenters. The molecule has 0 aliphatic carbocycles. The maximum atomic E-state index is 12.8. The van der Waals surface area contributed by atoms with Crippen LogP contribution in [-0.4, -0.2) is 63.8 Å². The Kier molecular flexibility index (Phi) is 7.91. The van der Waals surface area contributed by atoms with Crippen LogP contribution in [0.15, 0.2) is 29.3 Å². The number of rotatable bonds is 6. The van der Waals surface area contributed by atoms with Gasteiger partial charge in [0.1, 0.15) is 0 Å². The van der Waals surface area contributed by atoms with E-state index in [-0.39, 0.29) is 12.0 Å². The quantitative estimate of drug-likeness (QED) is 0.583. The maximum Gasteiger partial charge on any atom is 0.416 e. The van der Waals surface area contributed by atoms with Crippen molar-refractivity contribution in [2.24, 2.45) is 4.99 Å². The van der Waals surface area contributed by atoms with E-state index in [1.54, 1.807) is 13.1 Å². The Morgan fingerprint density at radius 2 is 2.15 bits per heavy atom. The van der Waals surface area contributed by atoms with Crippen molar-refractivity contribution >= 4 is 5.96 Å². The number of aliphatic imine (C=N–C) groups is 1. The zero-order valence-electron chi connectivity index (χ0n) is 16.1. The lowest BCUT2D eigenvalue weighted by atomic mass is 9.96. The van der Waals surface area contributed by atoms with Gasteiger partial charge in [-0.15, -0.1) is 0 Å². The van der Waals surface area contributed by atoms with Crippen LogP contribution >= 0.6 is 0 Å². The molecular formula is C19H29F3N4O. The molecule has 1 aromatic carbocycles. The largest absolute Gasteiger partial charge is 0.416 e. The average Bonchev–Trinajstić information content (AvgIpc) is 2.64. The van der Waals surface area contributed by atoms with Crippen molar-refractivity contribution in [3.63, 3.8) is 0 Å². The molecule has 27 heavy (non-hydrogen) atoms. The highest BCUT2D eigenvalue weighted by Gasteiger charge is 2.30. The highest BCUT2D eigenvalue weighted by atomic mass is 19.4. The van der Waals surface area contributed by atoms with Gasteiger partial charge in [0.25, 0.3) is 0 Å². The van der Waals surface area contributed by atoms with Crippen molar-refractivity contribution in [3.8, 4) is 0 Å². The Bertz CT molecular complexity index is 621. The van der Waals surface area contributed by atoms with Crippen molar-refractivity contribution in [1.82, 2.24) is 15.5 Å². The number of hydrogen-bond donors (Lipinski definition) is 2. The third-order valence-corrected chi connectivity index (χ3v) is 4.72. The fourth-order valence-electron chi connectivity index (χ4n) is 3.02. The van der Waals surface area contributed by atoms with Crippen LogP contribution in [0.3, 0.4) is 0 Å². The molecule has 1 aliphatic rings. The molecule has 0 radical (unpaired) electrons. The van der Waals surface area contributed by atoms with Gasteiger partial charge in [-0.25, -0.2) is 0 Å². The number of likely N-dealkylation sites (N-methyl/N-ethyl adjacent to an activating group) is 1. The molecule has 1 aliphatic heterocycles. The second-order valence-electron chi connectivity index (χ2n) is 6.95. The summed E-state index contributed by atoms with van der Waals surface area (Å²) in [6.45, 7) is 5.74. The van der Waals surface area contributed by atoms with E-state index >= 15 is 0 Å². The lowest BCUT2D eigenvalue weighted by molar-refractivity contribution is -0.137. The van der Waals surface area contributed by atoms with Crippen molar-refractivity contribution in [2.45, 2.75) is 31.5 Å². The van der Waals surface area contributed by atoms with Crippen molar-refractivity contribution in [1.29, 1.82) is 0 Å². The van der Waals surface area contributed by atoms with E-state index in [0.29, 0.717) is 31.0 Å². The van der Waals surface area contributed by atoms with Crippen LogP contribution in [0.1, 0.15) is 30.4 Å². The first-order valence-electron chi connectivity index (χ1n) is 9.21. The van der Waals surface area contributed by atoms with Gasteiger partial charge >= 0.3 is 6.18 Å². The average molecular weight is 386 g/mol. The van der Waals surface area contributed by atoms with Crippen LogP contribution in [-0.2, 0) is 10.9 Å². The Hall–Kier alpha value is -1.80. The van der Waals surface area contributed by atoms with E-state index in [1.807, 2.05) is 6.92 Å². The fraction of sp³-hybridized carbons (Fsp3) is 0.632. The summed E-state index contributed by atoms with van der Waals surface area (Å²) in [5.41, 5.74) is 0.0861. The number of guanidine groups is 1. The second kappa shape index (κ2) is 9.94. The summed E-state index contributed by atoms with van der Waals surface area (Å²) in [7, 11) is 3.76. The van der Waals surface area contributed by atoms with E-state index in [0.717, 1.165) is 25.8 Å². The molecule has 0 aromatic heterocycles. The minimum absolute atomic E-state index is 0.00762. The summed E-state index contributed by atoms with van der Waals surface area (Å²) < 4.78 is 44.2. The molecule has 5 nitrogen and oxygen atoms in total. The summed E-state index contributed by atoms with van der Waals surface area (Å²) in [5, 5.41) is 6.45. The predicted octanol–water partition coefficient (Wildman–Crippen LogP) is 2.69. The SMILES string of the molecule is CN=C(NCCC(C)c1cccc(C(F)(F)F)c1)NCC1CN(C)CCO1. The first-order valence-corrected chi connectivity index (χ1v) is 9.21. The molecule has 152 valence electrons. The van der Waals surface area contributed by atoms with Crippen molar-refractivity contribution in [3.05, 3.63) is 35.4 Å². The highest BCUT2D eigenvalue weighted by molar-refractivity contribution is 5.79. The van der Waals surface area contributed by atoms with Gasteiger partial charge in [-0.05, 0) is 31.0 Å². The molecule has 2 rings (SSSR count). The van der Waals surface area contributed by atoms with Crippen LogP contribution in [0.25, 0.3) is 0 Å². The number of nitrogens with one attached hydrogen (secondary N) is 2. The first-order chi connectivity index (χ1) is 12.8. The van der Waals surface area contributed by atoms with Gasteiger partial charge in [0.15, 0.2) is 5.96 Å². The third kappa shape index (κ3) is 7.03. The minimum atomic E-state index is -4.31. The molecule has 0 saturated carbocycles. The molecule has 0 spiro atoms. The third-order valence-electron chi connectivity index (χ3n) is 4.72. The van der Waals surface area contributed by atoms with Gasteiger partial charge in [-0.3, -0.25) is 4.99 Å². The van der Waals surface area contributed by atoms with E-state index in [9.17, 15) is 13.2 Å². The number of alkyl halides is 3. The first kappa shape index (κ1) is 21.5. The van der Waals surface area contributed by atoms with Crippen LogP contribution in [0.2, 0.25) is 0 Å². The molecule has 1 heterocycles. The van der Waals surface area contributed by atoms with Gasteiger partial charge < -0.3 is 20.3 Å². The minimum Gasteiger partial charge on any atom is -0.374 e. The summed E-state index contributed by atoms with van der Waals surface area (Å²) in [5.74, 6) is 0.677. The van der Waals surface area contributed by atoms with Gasteiger partial charge in [0.2, 0.25) is 0 Å². The molecule has 2 atom stereocenters. The van der Waals surface area contributed by atoms with E-state index in [2.05, 4.69) is 27.6 Å². The summed E-state index contributed by atoms with van der Waals surface area (Å²) in [6.07, 6.45) is -3.49. The van der Waals surface area contributed by atoms with Crippen LogP contribution in [0.5, 0.6) is 0 Å². The Morgan fingerprint density at radius 1 is 1.37 bits per heavy atom. The highest BCUT2D eigenvalue weighted by Crippen LogP contribution is 2.31. The molecule has 0 bridgehead atoms. The van der Waals surface area contributed by atoms with Crippen molar-refractivity contribution < 1.29 is 17.9 Å². The molecule has 1 aromatic rings. The summed E-state index contributed by atoms with van der Waals surface area (Å²) in [6, 6.07) is 5.54. The number of halogens is 3. The van der Waals surface area contributed by atoms with Crippen LogP contribution in [0.4, 0.5) is 13.2 Å². The molecule has 1 fully saturated rings. The zero-order chi connectivity index (χ0) is 19.9. The number of morpholine rings is 1.